The Morgan fingerprint density at radius 1 is 1.42 bits per heavy atom. The summed E-state index contributed by atoms with van der Waals surface area (Å²) in [6, 6.07) is 4.41. The van der Waals surface area contributed by atoms with Gasteiger partial charge in [0.2, 0.25) is 10.0 Å². The molecule has 0 aliphatic carbocycles. The van der Waals surface area contributed by atoms with Crippen molar-refractivity contribution in [1.82, 2.24) is 10.2 Å². The summed E-state index contributed by atoms with van der Waals surface area (Å²) in [6.07, 6.45) is 3.39. The van der Waals surface area contributed by atoms with Gasteiger partial charge in [-0.25, -0.2) is 13.6 Å². The lowest BCUT2D eigenvalue weighted by Gasteiger charge is -2.16. The van der Waals surface area contributed by atoms with Crippen molar-refractivity contribution in [3.8, 4) is 0 Å². The Bertz CT molecular complexity index is 666. The van der Waals surface area contributed by atoms with Crippen LogP contribution in [-0.4, -0.2) is 18.6 Å². The highest BCUT2D eigenvalue weighted by Gasteiger charge is 2.16. The zero-order valence-corrected chi connectivity index (χ0v) is 11.1. The van der Waals surface area contributed by atoms with Gasteiger partial charge in [0.1, 0.15) is 4.90 Å². The van der Waals surface area contributed by atoms with Crippen molar-refractivity contribution in [1.29, 1.82) is 0 Å². The van der Waals surface area contributed by atoms with Crippen molar-refractivity contribution < 1.29 is 8.42 Å². The highest BCUT2D eigenvalue weighted by molar-refractivity contribution is 7.89. The van der Waals surface area contributed by atoms with Gasteiger partial charge in [-0.05, 0) is 25.1 Å². The van der Waals surface area contributed by atoms with E-state index in [4.69, 9.17) is 10.9 Å². The molecule has 0 spiro atoms. The maximum absolute atomic E-state index is 11.5. The molecule has 0 aliphatic rings. The summed E-state index contributed by atoms with van der Waals surface area (Å²) >= 11 is 0. The summed E-state index contributed by atoms with van der Waals surface area (Å²) in [6.45, 7) is 1.88. The minimum Gasteiger partial charge on any atom is -0.399 e. The molecule has 0 fully saturated rings. The average molecular weight is 281 g/mol. The molecule has 1 atom stereocenters. The summed E-state index contributed by atoms with van der Waals surface area (Å²) < 4.78 is 23.1. The molecule has 7 nitrogen and oxygen atoms in total. The molecule has 102 valence electrons. The highest BCUT2D eigenvalue weighted by Crippen LogP contribution is 2.26. The molecule has 0 saturated carbocycles. The third kappa shape index (κ3) is 3.04. The van der Waals surface area contributed by atoms with Gasteiger partial charge in [-0.3, -0.25) is 5.10 Å². The third-order valence-electron chi connectivity index (χ3n) is 2.70. The monoisotopic (exact) mass is 281 g/mol. The van der Waals surface area contributed by atoms with Crippen LogP contribution in [0.5, 0.6) is 0 Å². The van der Waals surface area contributed by atoms with Gasteiger partial charge in [0.15, 0.2) is 0 Å². The van der Waals surface area contributed by atoms with Crippen LogP contribution in [0.15, 0.2) is 35.5 Å². The highest BCUT2D eigenvalue weighted by atomic mass is 32.2. The van der Waals surface area contributed by atoms with Crippen LogP contribution < -0.4 is 16.2 Å². The number of nitrogen functional groups attached to an aromatic ring is 1. The van der Waals surface area contributed by atoms with Crippen LogP contribution in [-0.2, 0) is 10.0 Å². The number of rotatable bonds is 4. The van der Waals surface area contributed by atoms with Crippen molar-refractivity contribution in [2.45, 2.75) is 17.9 Å². The number of H-pyrrole nitrogens is 1. The van der Waals surface area contributed by atoms with E-state index in [9.17, 15) is 8.42 Å². The number of hydrogen-bond donors (Lipinski definition) is 4. The predicted octanol–water partition coefficient (Wildman–Crippen LogP) is 0.812. The average Bonchev–Trinajstić information content (AvgIpc) is 2.83. The van der Waals surface area contributed by atoms with Crippen LogP contribution in [0.1, 0.15) is 18.5 Å². The smallest absolute Gasteiger partial charge is 0.240 e. The second kappa shape index (κ2) is 4.90. The largest absolute Gasteiger partial charge is 0.399 e. The minimum absolute atomic E-state index is 0.0251. The van der Waals surface area contributed by atoms with Gasteiger partial charge < -0.3 is 11.1 Å². The third-order valence-corrected chi connectivity index (χ3v) is 3.65. The van der Waals surface area contributed by atoms with E-state index in [0.717, 1.165) is 5.56 Å². The summed E-state index contributed by atoms with van der Waals surface area (Å²) in [5.41, 5.74) is 7.23. The maximum atomic E-state index is 11.5. The van der Waals surface area contributed by atoms with E-state index < -0.39 is 10.0 Å². The van der Waals surface area contributed by atoms with Crippen molar-refractivity contribution >= 4 is 21.4 Å². The first-order valence-corrected chi connectivity index (χ1v) is 7.10. The summed E-state index contributed by atoms with van der Waals surface area (Å²) in [5, 5.41) is 14.8. The molecule has 0 saturated heterocycles. The fourth-order valence-corrected chi connectivity index (χ4v) is 2.44. The second-order valence-corrected chi connectivity index (χ2v) is 5.73. The van der Waals surface area contributed by atoms with Gasteiger partial charge in [-0.15, -0.1) is 0 Å². The molecule has 1 unspecified atom stereocenters. The van der Waals surface area contributed by atoms with E-state index in [1.807, 2.05) is 6.92 Å². The maximum Gasteiger partial charge on any atom is 0.240 e. The predicted molar refractivity (Wildman–Crippen MR) is 72.9 cm³/mol. The summed E-state index contributed by atoms with van der Waals surface area (Å²) in [4.78, 5) is -0.0251. The van der Waals surface area contributed by atoms with Gasteiger partial charge >= 0.3 is 0 Å². The lowest BCUT2D eigenvalue weighted by molar-refractivity contribution is 0.598. The van der Waals surface area contributed by atoms with Crippen molar-refractivity contribution in [3.05, 3.63) is 36.2 Å². The number of aromatic nitrogens is 2. The zero-order valence-electron chi connectivity index (χ0n) is 10.3. The van der Waals surface area contributed by atoms with Crippen LogP contribution in [0, 0.1) is 0 Å². The van der Waals surface area contributed by atoms with Crippen LogP contribution >= 0.6 is 0 Å². The molecule has 1 aromatic heterocycles. The Kier molecular flexibility index (Phi) is 3.45. The molecule has 8 heteroatoms. The molecule has 6 N–H and O–H groups in total. The summed E-state index contributed by atoms with van der Waals surface area (Å²) in [5.74, 6) is 0. The number of sulfonamides is 1. The van der Waals surface area contributed by atoms with Gasteiger partial charge in [0, 0.05) is 17.4 Å². The van der Waals surface area contributed by atoms with E-state index in [2.05, 4.69) is 15.5 Å². The number of hydrogen-bond acceptors (Lipinski definition) is 5. The number of primary sulfonamides is 1. The molecule has 19 heavy (non-hydrogen) atoms. The van der Waals surface area contributed by atoms with Crippen LogP contribution in [0.25, 0.3) is 0 Å². The van der Waals surface area contributed by atoms with Crippen molar-refractivity contribution in [2.24, 2.45) is 5.14 Å². The van der Waals surface area contributed by atoms with Gasteiger partial charge in [0.05, 0.1) is 17.9 Å². The molecule has 1 heterocycles. The minimum atomic E-state index is -3.84. The normalized spacial score (nSPS) is 13.2. The Morgan fingerprint density at radius 3 is 2.74 bits per heavy atom. The Balaban J connectivity index is 2.35. The number of anilines is 2. The number of aromatic amines is 1. The van der Waals surface area contributed by atoms with E-state index >= 15 is 0 Å². The first kappa shape index (κ1) is 13.4. The van der Waals surface area contributed by atoms with Gasteiger partial charge in [-0.2, -0.15) is 5.10 Å². The molecule has 2 aromatic rings. The van der Waals surface area contributed by atoms with E-state index in [1.165, 1.54) is 6.07 Å². The standard InChI is InChI=1S/C11H15N5O2S/c1-7(8-5-14-15-6-8)16-10-3-2-9(12)4-11(10)19(13,17)18/h2-7,16H,12H2,1H3,(H,14,15)(H2,13,17,18). The SMILES string of the molecule is CC(Nc1ccc(N)cc1S(N)(=O)=O)c1cn[nH]c1. The molecular weight excluding hydrogens is 266 g/mol. The number of nitrogens with two attached hydrogens (primary N) is 2. The topological polar surface area (TPSA) is 127 Å². The van der Waals surface area contributed by atoms with Crippen molar-refractivity contribution in [2.75, 3.05) is 11.1 Å². The van der Waals surface area contributed by atoms with Gasteiger partial charge in [0.25, 0.3) is 0 Å². The molecule has 2 rings (SSSR count). The fraction of sp³-hybridized carbons (Fsp3) is 0.182. The number of nitrogens with one attached hydrogen (secondary N) is 2. The Hall–Kier alpha value is -2.06. The molecule has 0 bridgehead atoms. The molecule has 1 aromatic carbocycles. The Morgan fingerprint density at radius 2 is 2.16 bits per heavy atom. The lowest BCUT2D eigenvalue weighted by Crippen LogP contribution is -2.16. The van der Waals surface area contributed by atoms with Crippen LogP contribution in [0.4, 0.5) is 11.4 Å². The lowest BCUT2D eigenvalue weighted by atomic mass is 10.2. The first-order valence-electron chi connectivity index (χ1n) is 5.55. The van der Waals surface area contributed by atoms with Gasteiger partial charge in [-0.1, -0.05) is 0 Å². The molecule has 0 radical (unpaired) electrons. The zero-order chi connectivity index (χ0) is 14.0. The summed E-state index contributed by atoms with van der Waals surface area (Å²) in [7, 11) is -3.84. The van der Waals surface area contributed by atoms with E-state index in [-0.39, 0.29) is 10.9 Å². The molecule has 0 amide bonds. The quantitative estimate of drug-likeness (QED) is 0.617. The fourth-order valence-electron chi connectivity index (χ4n) is 1.71. The molecular formula is C11H15N5O2S. The molecule has 0 aliphatic heterocycles. The van der Waals surface area contributed by atoms with Crippen molar-refractivity contribution in [3.63, 3.8) is 0 Å². The van der Waals surface area contributed by atoms with Crippen LogP contribution in [0.2, 0.25) is 0 Å². The van der Waals surface area contributed by atoms with E-state index in [0.29, 0.717) is 11.4 Å². The van der Waals surface area contributed by atoms with Crippen LogP contribution in [0.3, 0.4) is 0 Å². The Labute approximate surface area is 111 Å². The van der Waals surface area contributed by atoms with E-state index in [1.54, 1.807) is 24.5 Å². The number of benzene rings is 1. The second-order valence-electron chi connectivity index (χ2n) is 4.20. The number of nitrogens with zero attached hydrogens (tertiary/aromatic N) is 1. The first-order chi connectivity index (χ1) is 8.88.